The molecule has 0 bridgehead atoms. The molecule has 0 saturated carbocycles. The standard InChI is InChI=1S/C17H17FN2O2S/c18-14-4-2-1-3-13(14)7-8-19-17(23)20-10-12-5-6-15-16(9-12)22-11-21-15/h1-6,9H,7-8,10-11H2,(H2,19,20,23). The van der Waals surface area contributed by atoms with Gasteiger partial charge in [0, 0.05) is 13.1 Å². The predicted molar refractivity (Wildman–Crippen MR) is 90.1 cm³/mol. The Morgan fingerprint density at radius 2 is 1.91 bits per heavy atom. The van der Waals surface area contributed by atoms with Gasteiger partial charge in [-0.25, -0.2) is 4.39 Å². The van der Waals surface area contributed by atoms with Crippen LogP contribution in [-0.2, 0) is 13.0 Å². The molecule has 6 heteroatoms. The second-order valence-corrected chi connectivity index (χ2v) is 5.55. The Kier molecular flexibility index (Phi) is 4.92. The molecule has 2 N–H and O–H groups in total. The van der Waals surface area contributed by atoms with Gasteiger partial charge in [-0.05, 0) is 48.0 Å². The molecule has 0 amide bonds. The SMILES string of the molecule is Fc1ccccc1CCNC(=S)NCc1ccc2c(c1)OCO2. The molecule has 0 unspecified atom stereocenters. The van der Waals surface area contributed by atoms with Crippen molar-refractivity contribution < 1.29 is 13.9 Å². The van der Waals surface area contributed by atoms with E-state index in [9.17, 15) is 4.39 Å². The Labute approximate surface area is 139 Å². The highest BCUT2D eigenvalue weighted by atomic mass is 32.1. The van der Waals surface area contributed by atoms with Crippen LogP contribution in [0.15, 0.2) is 42.5 Å². The van der Waals surface area contributed by atoms with Crippen LogP contribution >= 0.6 is 12.2 Å². The molecule has 0 aromatic heterocycles. The lowest BCUT2D eigenvalue weighted by molar-refractivity contribution is 0.174. The van der Waals surface area contributed by atoms with Crippen molar-refractivity contribution in [1.29, 1.82) is 0 Å². The largest absolute Gasteiger partial charge is 0.454 e. The van der Waals surface area contributed by atoms with E-state index < -0.39 is 0 Å². The smallest absolute Gasteiger partial charge is 0.231 e. The molecule has 1 heterocycles. The van der Waals surface area contributed by atoms with Crippen molar-refractivity contribution >= 4 is 17.3 Å². The van der Waals surface area contributed by atoms with Crippen LogP contribution < -0.4 is 20.1 Å². The van der Waals surface area contributed by atoms with Gasteiger partial charge in [0.05, 0.1) is 0 Å². The molecule has 0 radical (unpaired) electrons. The van der Waals surface area contributed by atoms with Crippen LogP contribution in [-0.4, -0.2) is 18.5 Å². The van der Waals surface area contributed by atoms with Crippen LogP contribution in [0.1, 0.15) is 11.1 Å². The van der Waals surface area contributed by atoms with Gasteiger partial charge in [0.25, 0.3) is 0 Å². The number of rotatable bonds is 5. The van der Waals surface area contributed by atoms with E-state index in [-0.39, 0.29) is 12.6 Å². The fourth-order valence-corrected chi connectivity index (χ4v) is 2.48. The van der Waals surface area contributed by atoms with E-state index in [1.807, 2.05) is 24.3 Å². The summed E-state index contributed by atoms with van der Waals surface area (Å²) in [5, 5.41) is 6.74. The third kappa shape index (κ3) is 4.10. The molecule has 2 aromatic carbocycles. The Balaban J connectivity index is 1.42. The number of ether oxygens (including phenoxy) is 2. The van der Waals surface area contributed by atoms with Crippen molar-refractivity contribution in [3.8, 4) is 11.5 Å². The molecule has 3 rings (SSSR count). The summed E-state index contributed by atoms with van der Waals surface area (Å²) in [6.45, 7) is 1.43. The van der Waals surface area contributed by atoms with Crippen molar-refractivity contribution in [1.82, 2.24) is 10.6 Å². The van der Waals surface area contributed by atoms with Crippen LogP contribution in [0.2, 0.25) is 0 Å². The zero-order valence-electron chi connectivity index (χ0n) is 12.5. The first-order valence-corrected chi connectivity index (χ1v) is 7.77. The molecule has 2 aromatic rings. The first-order chi connectivity index (χ1) is 11.2. The maximum atomic E-state index is 13.5. The van der Waals surface area contributed by atoms with Gasteiger partial charge in [0.2, 0.25) is 6.79 Å². The summed E-state index contributed by atoms with van der Waals surface area (Å²) in [5.41, 5.74) is 1.73. The van der Waals surface area contributed by atoms with Gasteiger partial charge < -0.3 is 20.1 Å². The fourth-order valence-electron chi connectivity index (χ4n) is 2.31. The lowest BCUT2D eigenvalue weighted by atomic mass is 10.1. The Morgan fingerprint density at radius 3 is 2.78 bits per heavy atom. The van der Waals surface area contributed by atoms with E-state index in [1.54, 1.807) is 12.1 Å². The molecule has 120 valence electrons. The number of nitrogens with one attached hydrogen (secondary N) is 2. The third-order valence-electron chi connectivity index (χ3n) is 3.53. The first-order valence-electron chi connectivity index (χ1n) is 7.36. The van der Waals surface area contributed by atoms with Gasteiger partial charge in [-0.1, -0.05) is 24.3 Å². The van der Waals surface area contributed by atoms with Gasteiger partial charge in [-0.15, -0.1) is 0 Å². The van der Waals surface area contributed by atoms with Crippen molar-refractivity contribution in [2.24, 2.45) is 0 Å². The Hall–Kier alpha value is -2.34. The van der Waals surface area contributed by atoms with E-state index in [0.29, 0.717) is 30.2 Å². The lowest BCUT2D eigenvalue weighted by Gasteiger charge is -2.11. The van der Waals surface area contributed by atoms with Crippen LogP contribution in [0.25, 0.3) is 0 Å². The minimum absolute atomic E-state index is 0.187. The van der Waals surface area contributed by atoms with Gasteiger partial charge in [-0.3, -0.25) is 0 Å². The Bertz CT molecular complexity index is 709. The number of thiocarbonyl (C=S) groups is 1. The van der Waals surface area contributed by atoms with E-state index in [0.717, 1.165) is 17.1 Å². The average Bonchev–Trinajstić information content (AvgIpc) is 3.02. The van der Waals surface area contributed by atoms with Crippen LogP contribution in [0, 0.1) is 5.82 Å². The summed E-state index contributed by atoms with van der Waals surface area (Å²) in [7, 11) is 0. The minimum atomic E-state index is -0.187. The van der Waals surface area contributed by atoms with Crippen molar-refractivity contribution in [2.45, 2.75) is 13.0 Å². The van der Waals surface area contributed by atoms with E-state index in [2.05, 4.69) is 10.6 Å². The molecule has 4 nitrogen and oxygen atoms in total. The van der Waals surface area contributed by atoms with Gasteiger partial charge in [-0.2, -0.15) is 0 Å². The molecule has 0 fully saturated rings. The normalized spacial score (nSPS) is 12.0. The first kappa shape index (κ1) is 15.6. The zero-order valence-corrected chi connectivity index (χ0v) is 13.3. The number of fused-ring (bicyclic) bond motifs is 1. The molecule has 23 heavy (non-hydrogen) atoms. The summed E-state index contributed by atoms with van der Waals surface area (Å²) in [4.78, 5) is 0. The zero-order chi connectivity index (χ0) is 16.1. The van der Waals surface area contributed by atoms with Gasteiger partial charge in [0.15, 0.2) is 16.6 Å². The summed E-state index contributed by atoms with van der Waals surface area (Å²) in [5.74, 6) is 1.33. The van der Waals surface area contributed by atoms with E-state index in [4.69, 9.17) is 21.7 Å². The average molecular weight is 332 g/mol. The molecule has 0 aliphatic carbocycles. The quantitative estimate of drug-likeness (QED) is 0.824. The summed E-state index contributed by atoms with van der Waals surface area (Å²) >= 11 is 5.23. The number of halogens is 1. The molecular weight excluding hydrogens is 315 g/mol. The highest BCUT2D eigenvalue weighted by molar-refractivity contribution is 7.80. The highest BCUT2D eigenvalue weighted by Crippen LogP contribution is 2.32. The highest BCUT2D eigenvalue weighted by Gasteiger charge is 2.13. The summed E-state index contributed by atoms with van der Waals surface area (Å²) in [6.07, 6.45) is 0.582. The van der Waals surface area contributed by atoms with Crippen molar-refractivity contribution in [2.75, 3.05) is 13.3 Å². The lowest BCUT2D eigenvalue weighted by Crippen LogP contribution is -2.36. The van der Waals surface area contributed by atoms with Gasteiger partial charge >= 0.3 is 0 Å². The monoisotopic (exact) mass is 332 g/mol. The second kappa shape index (κ2) is 7.28. The molecule has 0 saturated heterocycles. The van der Waals surface area contributed by atoms with Crippen molar-refractivity contribution in [3.05, 3.63) is 59.4 Å². The topological polar surface area (TPSA) is 42.5 Å². The molecule has 1 aliphatic rings. The summed E-state index contributed by atoms with van der Waals surface area (Å²) < 4.78 is 24.1. The van der Waals surface area contributed by atoms with Crippen LogP contribution in [0.3, 0.4) is 0 Å². The van der Waals surface area contributed by atoms with Crippen LogP contribution in [0.5, 0.6) is 11.5 Å². The van der Waals surface area contributed by atoms with E-state index in [1.165, 1.54) is 6.07 Å². The number of benzene rings is 2. The molecule has 0 spiro atoms. The third-order valence-corrected chi connectivity index (χ3v) is 3.82. The molecule has 0 atom stereocenters. The minimum Gasteiger partial charge on any atom is -0.454 e. The van der Waals surface area contributed by atoms with Gasteiger partial charge in [0.1, 0.15) is 5.82 Å². The van der Waals surface area contributed by atoms with Crippen molar-refractivity contribution in [3.63, 3.8) is 0 Å². The molecule has 1 aliphatic heterocycles. The number of hydrogen-bond acceptors (Lipinski definition) is 3. The predicted octanol–water partition coefficient (Wildman–Crippen LogP) is 2.76. The fraction of sp³-hybridized carbons (Fsp3) is 0.235. The Morgan fingerprint density at radius 1 is 1.09 bits per heavy atom. The summed E-state index contributed by atoms with van der Waals surface area (Å²) in [6, 6.07) is 12.5. The number of hydrogen-bond donors (Lipinski definition) is 2. The maximum absolute atomic E-state index is 13.5. The van der Waals surface area contributed by atoms with Crippen LogP contribution in [0.4, 0.5) is 4.39 Å². The van der Waals surface area contributed by atoms with E-state index >= 15 is 0 Å². The maximum Gasteiger partial charge on any atom is 0.231 e. The second-order valence-electron chi connectivity index (χ2n) is 5.14. The molecular formula is C17H17FN2O2S.